The number of hydrogen-bond acceptors (Lipinski definition) is 3. The first-order chi connectivity index (χ1) is 4.72. The van der Waals surface area contributed by atoms with Gasteiger partial charge in [0, 0.05) is 6.54 Å². The summed E-state index contributed by atoms with van der Waals surface area (Å²) in [5.41, 5.74) is 3.54. The van der Waals surface area contributed by atoms with Crippen LogP contribution in [-0.2, 0) is 4.79 Å². The summed E-state index contributed by atoms with van der Waals surface area (Å²) in [5.74, 6) is -0.929. The lowest BCUT2D eigenvalue weighted by Gasteiger charge is -2.19. The van der Waals surface area contributed by atoms with Crippen molar-refractivity contribution < 1.29 is 11.3 Å². The molecule has 0 amide bonds. The van der Waals surface area contributed by atoms with Crippen LogP contribution in [0, 0.1) is 0 Å². The molecule has 0 aromatic heterocycles. The van der Waals surface area contributed by atoms with Gasteiger partial charge >= 0.3 is 5.97 Å². The molecule has 4 heteroatoms. The van der Waals surface area contributed by atoms with Crippen molar-refractivity contribution in [3.63, 3.8) is 0 Å². The molecule has 4 nitrogen and oxygen atoms in total. The van der Waals surface area contributed by atoms with E-state index < -0.39 is 12.0 Å². The number of hydrazine groups is 1. The predicted molar refractivity (Wildman–Crippen MR) is 31.8 cm³/mol. The van der Waals surface area contributed by atoms with Crippen LogP contribution >= 0.6 is 0 Å². The average Bonchev–Trinajstić information content (AvgIpc) is 1.88. The van der Waals surface area contributed by atoms with Gasteiger partial charge in [0.1, 0.15) is 7.45 Å². The maximum atomic E-state index is 10.4. The van der Waals surface area contributed by atoms with Crippen molar-refractivity contribution in [2.75, 3.05) is 6.54 Å². The highest BCUT2D eigenvalue weighted by Crippen LogP contribution is 1.98. The van der Waals surface area contributed by atoms with Gasteiger partial charge < -0.3 is 5.11 Å². The van der Waals surface area contributed by atoms with E-state index >= 15 is 0 Å². The van der Waals surface area contributed by atoms with Gasteiger partial charge in [-0.2, -0.15) is 0 Å². The Morgan fingerprint density at radius 3 is 3.11 bits per heavy atom. The van der Waals surface area contributed by atoms with Crippen LogP contribution in [0.5, 0.6) is 0 Å². The summed E-state index contributed by atoms with van der Waals surface area (Å²) >= 11 is 0. The fraction of sp³-hybridized carbons (Fsp3) is 0.800. The van der Waals surface area contributed by atoms with Gasteiger partial charge in [0.15, 0.2) is 0 Å². The van der Waals surface area contributed by atoms with Crippen molar-refractivity contribution >= 4 is 5.97 Å². The molecule has 1 heterocycles. The minimum absolute atomic E-state index is 0.561. The zero-order valence-corrected chi connectivity index (χ0v) is 5.00. The zero-order chi connectivity index (χ0) is 7.56. The Hall–Kier alpha value is -0.610. The van der Waals surface area contributed by atoms with Crippen LogP contribution in [0.3, 0.4) is 0 Å². The molecular weight excluding hydrogens is 120 g/mol. The molecule has 0 aromatic carbocycles. The molecule has 0 aliphatic carbocycles. The molecule has 52 valence electrons. The summed E-state index contributed by atoms with van der Waals surface area (Å²) < 4.78 is 7.10. The minimum Gasteiger partial charge on any atom is -0.480 e. The highest BCUT2D eigenvalue weighted by Gasteiger charge is 2.18. The van der Waals surface area contributed by atoms with E-state index in [1.54, 1.807) is 0 Å². The Morgan fingerprint density at radius 1 is 1.89 bits per heavy atom. The number of nitrogens with one attached hydrogen (secondary N) is 2. The van der Waals surface area contributed by atoms with Crippen molar-refractivity contribution in [3.05, 3.63) is 0 Å². The summed E-state index contributed by atoms with van der Waals surface area (Å²) in [7, 11) is 0. The van der Waals surface area contributed by atoms with E-state index in [1.165, 1.54) is 0 Å². The Kier molecular flexibility index (Phi) is 1.61. The molecule has 0 bridgehead atoms. The van der Waals surface area contributed by atoms with E-state index in [9.17, 15) is 4.79 Å². The van der Waals surface area contributed by atoms with Gasteiger partial charge in [-0.25, -0.2) is 5.42 Å². The lowest BCUT2D eigenvalue weighted by atomic mass is 10.1. The highest BCUT2D eigenvalue weighted by molar-refractivity contribution is 5.73. The number of aliphatic carboxylic acids is 1. The Bertz CT molecular complexity index is 142. The van der Waals surface area contributed by atoms with E-state index in [1.807, 2.05) is 0 Å². The molecule has 1 rings (SSSR count). The third-order valence-electron chi connectivity index (χ3n) is 1.30. The first-order valence-electron chi connectivity index (χ1n) is 3.41. The third kappa shape index (κ3) is 1.65. The predicted octanol–water partition coefficient (Wildman–Crippen LogP) is -0.672. The maximum Gasteiger partial charge on any atom is 0.322 e. The van der Waals surface area contributed by atoms with Crippen LogP contribution in [0.4, 0.5) is 0 Å². The molecule has 0 saturated carbocycles. The molecule has 1 unspecified atom stereocenters. The number of carboxylic acids is 1. The van der Waals surface area contributed by atoms with Crippen molar-refractivity contribution in [2.24, 2.45) is 0 Å². The van der Waals surface area contributed by atoms with E-state index in [0.29, 0.717) is 13.0 Å². The van der Waals surface area contributed by atoms with Gasteiger partial charge in [0.2, 0.25) is 0 Å². The largest absolute Gasteiger partial charge is 0.480 e. The van der Waals surface area contributed by atoms with Crippen LogP contribution in [0.1, 0.15) is 12.8 Å². The van der Waals surface area contributed by atoms with Crippen LogP contribution in [-0.4, -0.2) is 23.7 Å². The molecule has 1 atom stereocenters. The van der Waals surface area contributed by atoms with Crippen molar-refractivity contribution in [3.8, 4) is 0 Å². The molecule has 0 aromatic rings. The van der Waals surface area contributed by atoms with Crippen LogP contribution < -0.4 is 10.8 Å². The molecule has 9 heavy (non-hydrogen) atoms. The Labute approximate surface area is 54.7 Å². The summed E-state index contributed by atoms with van der Waals surface area (Å²) in [4.78, 5) is 10.4. The van der Waals surface area contributed by atoms with Gasteiger partial charge in [0.25, 0.3) is 0 Å². The monoisotopic (exact) mass is 131 g/mol. The van der Waals surface area contributed by atoms with E-state index in [-0.39, 0.29) is 0 Å². The average molecular weight is 131 g/mol. The lowest BCUT2D eigenvalue weighted by Crippen LogP contribution is -2.49. The number of carboxylic acid groups (broad SMARTS) is 1. The van der Waals surface area contributed by atoms with Crippen molar-refractivity contribution in [1.29, 1.82) is 0 Å². The fourth-order valence-electron chi connectivity index (χ4n) is 0.792. The summed E-state index contributed by atoms with van der Waals surface area (Å²) in [6.07, 6.45) is 1.39. The molecule has 1 saturated heterocycles. The van der Waals surface area contributed by atoms with Crippen LogP contribution in [0.2, 0.25) is 1.41 Å². The van der Waals surface area contributed by atoms with Gasteiger partial charge in [-0.15, -0.1) is 0 Å². The van der Waals surface area contributed by atoms with Gasteiger partial charge in [0.05, 0.1) is 0 Å². The molecule has 0 radical (unpaired) electrons. The summed E-state index contributed by atoms with van der Waals surface area (Å²) in [6, 6.07) is -0.672. The molecule has 1 fully saturated rings. The molecule has 3 N–H and O–H groups in total. The zero-order valence-electron chi connectivity index (χ0n) is 6.00. The second-order valence-electron chi connectivity index (χ2n) is 2.03. The first kappa shape index (κ1) is 5.20. The number of hydrogen-bond donors (Lipinski definition) is 3. The van der Waals surface area contributed by atoms with Gasteiger partial charge in [-0.1, -0.05) is 0 Å². The minimum atomic E-state index is -0.929. The second-order valence-corrected chi connectivity index (χ2v) is 2.03. The summed E-state index contributed by atoms with van der Waals surface area (Å²) in [6.45, 7) is 0.702. The van der Waals surface area contributed by atoms with E-state index in [4.69, 9.17) is 6.52 Å². The maximum absolute atomic E-state index is 10.4. The molecular formula is C5H10N2O2. The topological polar surface area (TPSA) is 61.4 Å². The smallest absolute Gasteiger partial charge is 0.322 e. The molecule has 0 spiro atoms. The highest BCUT2D eigenvalue weighted by atomic mass is 16.4. The standard InChI is InChI=1S/C5H10N2O2/c8-5(9)4-2-1-3-6-7-4/h4,6-7H,1-3H2,(H,8,9)/i/hD. The number of rotatable bonds is 1. The molecule has 1 aliphatic rings. The third-order valence-corrected chi connectivity index (χ3v) is 1.30. The normalized spacial score (nSPS) is 31.6. The van der Waals surface area contributed by atoms with Gasteiger partial charge in [-0.3, -0.25) is 10.2 Å². The van der Waals surface area contributed by atoms with Gasteiger partial charge in [-0.05, 0) is 12.8 Å². The van der Waals surface area contributed by atoms with Crippen molar-refractivity contribution in [2.45, 2.75) is 18.9 Å². The van der Waals surface area contributed by atoms with E-state index in [0.717, 1.165) is 11.8 Å². The molecule has 1 aliphatic heterocycles. The van der Waals surface area contributed by atoms with Crippen molar-refractivity contribution in [1.82, 2.24) is 10.8 Å². The lowest BCUT2D eigenvalue weighted by molar-refractivity contribution is -0.140. The van der Waals surface area contributed by atoms with Crippen LogP contribution in [0.25, 0.3) is 0 Å². The fourth-order valence-corrected chi connectivity index (χ4v) is 0.792. The Balaban J connectivity index is 2.47. The van der Waals surface area contributed by atoms with E-state index in [2.05, 4.69) is 5.43 Å². The Morgan fingerprint density at radius 2 is 2.67 bits per heavy atom. The second kappa shape index (κ2) is 2.80. The first-order valence-corrected chi connectivity index (χ1v) is 2.96. The number of carbonyl (C=O) groups is 1. The SMILES string of the molecule is [2H]N1NCCCC1C(=O)O. The van der Waals surface area contributed by atoms with Crippen LogP contribution in [0.15, 0.2) is 0 Å². The quantitative estimate of drug-likeness (QED) is 0.441. The summed E-state index contributed by atoms with van der Waals surface area (Å²) in [5, 5.41) is 8.51.